The molecule has 158 valence electrons. The number of fused-ring (bicyclic) bond motifs is 2. The quantitative estimate of drug-likeness (QED) is 0.645. The molecule has 31 heavy (non-hydrogen) atoms. The summed E-state index contributed by atoms with van der Waals surface area (Å²) in [5, 5.41) is 7.92. The van der Waals surface area contributed by atoms with Gasteiger partial charge in [0.2, 0.25) is 5.95 Å². The molecule has 1 unspecified atom stereocenters. The topological polar surface area (TPSA) is 100 Å². The summed E-state index contributed by atoms with van der Waals surface area (Å²) in [7, 11) is 0. The Morgan fingerprint density at radius 1 is 1.19 bits per heavy atom. The second-order valence-corrected chi connectivity index (χ2v) is 7.13. The number of allylic oxidation sites excluding steroid dienone is 1. The largest absolute Gasteiger partial charge is 0.486 e. The number of ether oxygens (including phenoxy) is 3. The zero-order chi connectivity index (χ0) is 21.4. The standard InChI is InChI=1S/C22H21N5O4/c1-3-29-21(28)18-13(2)24-22-25-20(14-6-8-23-9-7-14)26-27(22)19(18)15-4-5-16-17(12-15)31-11-10-30-16/h4-9,12,19H,3,10-11H2,1-2H3,(H,24,25,26). The van der Waals surface area contributed by atoms with E-state index < -0.39 is 12.0 Å². The first-order chi connectivity index (χ1) is 15.2. The van der Waals surface area contributed by atoms with Crippen LogP contribution in [0.2, 0.25) is 0 Å². The summed E-state index contributed by atoms with van der Waals surface area (Å²) in [5.41, 5.74) is 2.78. The van der Waals surface area contributed by atoms with Crippen molar-refractivity contribution in [2.75, 3.05) is 25.1 Å². The normalized spacial score (nSPS) is 17.0. The minimum Gasteiger partial charge on any atom is -0.486 e. The van der Waals surface area contributed by atoms with Crippen molar-refractivity contribution in [1.82, 2.24) is 19.7 Å². The summed E-state index contributed by atoms with van der Waals surface area (Å²) in [4.78, 5) is 21.6. The van der Waals surface area contributed by atoms with Crippen molar-refractivity contribution >= 4 is 11.9 Å². The summed E-state index contributed by atoms with van der Waals surface area (Å²) in [6, 6.07) is 8.79. The lowest BCUT2D eigenvalue weighted by Crippen LogP contribution is -2.29. The molecule has 0 aliphatic carbocycles. The number of carbonyl (C=O) groups is 1. The summed E-state index contributed by atoms with van der Waals surface area (Å²) < 4.78 is 18.5. The smallest absolute Gasteiger partial charge is 0.338 e. The molecule has 5 rings (SSSR count). The van der Waals surface area contributed by atoms with Gasteiger partial charge in [0.05, 0.1) is 12.2 Å². The van der Waals surface area contributed by atoms with Crippen LogP contribution in [0.5, 0.6) is 11.5 Å². The lowest BCUT2D eigenvalue weighted by Gasteiger charge is -2.29. The fourth-order valence-electron chi connectivity index (χ4n) is 3.79. The average molecular weight is 419 g/mol. The molecule has 0 bridgehead atoms. The molecule has 9 nitrogen and oxygen atoms in total. The van der Waals surface area contributed by atoms with E-state index in [1.54, 1.807) is 24.0 Å². The van der Waals surface area contributed by atoms with Gasteiger partial charge in [0.25, 0.3) is 0 Å². The third-order valence-corrected chi connectivity index (χ3v) is 5.17. The number of hydrogen-bond acceptors (Lipinski definition) is 8. The van der Waals surface area contributed by atoms with Gasteiger partial charge >= 0.3 is 5.97 Å². The Balaban J connectivity index is 1.65. The molecule has 0 spiro atoms. The van der Waals surface area contributed by atoms with Gasteiger partial charge in [-0.1, -0.05) is 6.07 Å². The molecule has 2 aliphatic heterocycles. The summed E-state index contributed by atoms with van der Waals surface area (Å²) in [6.45, 7) is 4.88. The van der Waals surface area contributed by atoms with Crippen LogP contribution in [0.4, 0.5) is 5.95 Å². The van der Waals surface area contributed by atoms with E-state index in [1.807, 2.05) is 37.3 Å². The molecule has 4 heterocycles. The van der Waals surface area contributed by atoms with Crippen LogP contribution in [0.3, 0.4) is 0 Å². The maximum atomic E-state index is 12.9. The Labute approximate surface area is 178 Å². The molecule has 9 heteroatoms. The minimum atomic E-state index is -0.533. The predicted octanol–water partition coefficient (Wildman–Crippen LogP) is 2.96. The zero-order valence-corrected chi connectivity index (χ0v) is 17.2. The van der Waals surface area contributed by atoms with Crippen molar-refractivity contribution in [2.24, 2.45) is 0 Å². The van der Waals surface area contributed by atoms with Crippen LogP contribution in [-0.4, -0.2) is 45.5 Å². The Hall–Kier alpha value is -3.88. The molecule has 3 aromatic rings. The van der Waals surface area contributed by atoms with E-state index in [0.717, 1.165) is 11.1 Å². The lowest BCUT2D eigenvalue weighted by molar-refractivity contribution is -0.139. The molecular weight excluding hydrogens is 398 g/mol. The summed E-state index contributed by atoms with van der Waals surface area (Å²) in [5.74, 6) is 1.99. The number of carbonyl (C=O) groups excluding carboxylic acids is 1. The summed E-state index contributed by atoms with van der Waals surface area (Å²) >= 11 is 0. The predicted molar refractivity (Wildman–Crippen MR) is 112 cm³/mol. The van der Waals surface area contributed by atoms with Crippen molar-refractivity contribution in [2.45, 2.75) is 19.9 Å². The highest BCUT2D eigenvalue weighted by Gasteiger charge is 2.36. The number of benzene rings is 1. The Morgan fingerprint density at radius 3 is 2.74 bits per heavy atom. The van der Waals surface area contributed by atoms with Crippen molar-refractivity contribution < 1.29 is 19.0 Å². The SMILES string of the molecule is CCOC(=O)C1=C(C)Nc2nc(-c3ccncc3)nn2C1c1ccc2c(c1)OCCO2. The number of aromatic nitrogens is 4. The van der Waals surface area contributed by atoms with Crippen LogP contribution >= 0.6 is 0 Å². The van der Waals surface area contributed by atoms with Crippen LogP contribution in [-0.2, 0) is 9.53 Å². The summed E-state index contributed by atoms with van der Waals surface area (Å²) in [6.07, 6.45) is 3.38. The number of esters is 1. The molecular formula is C22H21N5O4. The van der Waals surface area contributed by atoms with E-state index in [9.17, 15) is 4.79 Å². The first-order valence-electron chi connectivity index (χ1n) is 10.1. The van der Waals surface area contributed by atoms with Gasteiger partial charge in [0.1, 0.15) is 19.3 Å². The maximum absolute atomic E-state index is 12.9. The number of rotatable bonds is 4. The fraction of sp³-hybridized carbons (Fsp3) is 0.273. The Morgan fingerprint density at radius 2 is 1.97 bits per heavy atom. The number of nitrogens with one attached hydrogen (secondary N) is 1. The van der Waals surface area contributed by atoms with E-state index in [0.29, 0.717) is 47.8 Å². The van der Waals surface area contributed by atoms with E-state index in [1.165, 1.54) is 0 Å². The van der Waals surface area contributed by atoms with Crippen LogP contribution in [0.15, 0.2) is 54.0 Å². The molecule has 2 aliphatic rings. The highest BCUT2D eigenvalue weighted by Crippen LogP contribution is 2.40. The van der Waals surface area contributed by atoms with Crippen LogP contribution in [0, 0.1) is 0 Å². The zero-order valence-electron chi connectivity index (χ0n) is 17.2. The molecule has 0 amide bonds. The van der Waals surface area contributed by atoms with Gasteiger partial charge in [0.15, 0.2) is 17.3 Å². The molecule has 1 atom stereocenters. The second kappa shape index (κ2) is 7.75. The highest BCUT2D eigenvalue weighted by molar-refractivity contribution is 5.92. The van der Waals surface area contributed by atoms with Gasteiger partial charge < -0.3 is 19.5 Å². The Bertz CT molecular complexity index is 1170. The van der Waals surface area contributed by atoms with Gasteiger partial charge in [-0.3, -0.25) is 4.98 Å². The average Bonchev–Trinajstić information content (AvgIpc) is 3.22. The molecule has 2 aromatic heterocycles. The number of hydrogen-bond donors (Lipinski definition) is 1. The van der Waals surface area contributed by atoms with Crippen LogP contribution in [0.25, 0.3) is 11.4 Å². The number of nitrogens with zero attached hydrogens (tertiary/aromatic N) is 4. The van der Waals surface area contributed by atoms with Crippen molar-refractivity contribution in [3.05, 3.63) is 59.6 Å². The van der Waals surface area contributed by atoms with Crippen molar-refractivity contribution in [3.8, 4) is 22.9 Å². The van der Waals surface area contributed by atoms with Gasteiger partial charge in [-0.25, -0.2) is 9.48 Å². The second-order valence-electron chi connectivity index (χ2n) is 7.13. The third-order valence-electron chi connectivity index (χ3n) is 5.17. The monoisotopic (exact) mass is 419 g/mol. The van der Waals surface area contributed by atoms with E-state index in [2.05, 4.69) is 15.3 Å². The molecule has 0 saturated carbocycles. The molecule has 0 fully saturated rings. The van der Waals surface area contributed by atoms with Crippen LogP contribution < -0.4 is 14.8 Å². The molecule has 0 saturated heterocycles. The van der Waals surface area contributed by atoms with E-state index in [4.69, 9.17) is 19.3 Å². The molecule has 1 aromatic carbocycles. The van der Waals surface area contributed by atoms with Crippen molar-refractivity contribution in [1.29, 1.82) is 0 Å². The fourth-order valence-corrected chi connectivity index (χ4v) is 3.79. The Kier molecular flexibility index (Phi) is 4.78. The maximum Gasteiger partial charge on any atom is 0.338 e. The number of pyridine rings is 1. The number of anilines is 1. The van der Waals surface area contributed by atoms with Crippen molar-refractivity contribution in [3.63, 3.8) is 0 Å². The molecule has 0 radical (unpaired) electrons. The van der Waals surface area contributed by atoms with Crippen LogP contribution in [0.1, 0.15) is 25.5 Å². The van der Waals surface area contributed by atoms with E-state index >= 15 is 0 Å². The van der Waals surface area contributed by atoms with Gasteiger partial charge in [0, 0.05) is 23.7 Å². The first kappa shape index (κ1) is 19.1. The van der Waals surface area contributed by atoms with Gasteiger partial charge in [-0.05, 0) is 43.7 Å². The highest BCUT2D eigenvalue weighted by atomic mass is 16.6. The molecule has 1 N–H and O–H groups in total. The minimum absolute atomic E-state index is 0.274. The van der Waals surface area contributed by atoms with E-state index in [-0.39, 0.29) is 6.61 Å². The first-order valence-corrected chi connectivity index (χ1v) is 10.1. The third kappa shape index (κ3) is 3.37. The lowest BCUT2D eigenvalue weighted by atomic mass is 9.95. The van der Waals surface area contributed by atoms with Gasteiger partial charge in [-0.2, -0.15) is 4.98 Å². The van der Waals surface area contributed by atoms with Gasteiger partial charge in [-0.15, -0.1) is 5.10 Å².